The summed E-state index contributed by atoms with van der Waals surface area (Å²) in [5, 5.41) is 0. The fourth-order valence-corrected chi connectivity index (χ4v) is 1.45. The van der Waals surface area contributed by atoms with Gasteiger partial charge in [0, 0.05) is 13.2 Å². The van der Waals surface area contributed by atoms with Crippen molar-refractivity contribution in [1.29, 1.82) is 0 Å². The van der Waals surface area contributed by atoms with Crippen molar-refractivity contribution in [3.63, 3.8) is 0 Å². The number of rotatable bonds is 6. The van der Waals surface area contributed by atoms with Crippen LogP contribution < -0.4 is 5.73 Å². The van der Waals surface area contributed by atoms with E-state index in [1.165, 1.54) is 6.42 Å². The molecule has 0 aromatic rings. The van der Waals surface area contributed by atoms with E-state index < -0.39 is 0 Å². The molecule has 2 nitrogen and oxygen atoms in total. The minimum Gasteiger partial charge on any atom is -0.379 e. The Bertz CT molecular complexity index is 132. The molecule has 0 aromatic carbocycles. The van der Waals surface area contributed by atoms with Gasteiger partial charge in [-0.2, -0.15) is 0 Å². The standard InChI is InChI=1S/C11H25NO/c1-9(8-10(2)12)6-7-11(3,4)13-5/h9-10H,6-8,12H2,1-5H3. The van der Waals surface area contributed by atoms with E-state index in [4.69, 9.17) is 10.5 Å². The second kappa shape index (κ2) is 5.61. The van der Waals surface area contributed by atoms with Gasteiger partial charge in [-0.1, -0.05) is 6.92 Å². The first-order chi connectivity index (χ1) is 5.87. The minimum absolute atomic E-state index is 0.0199. The molecule has 2 unspecified atom stereocenters. The Morgan fingerprint density at radius 2 is 1.85 bits per heavy atom. The van der Waals surface area contributed by atoms with Crippen molar-refractivity contribution in [1.82, 2.24) is 0 Å². The largest absolute Gasteiger partial charge is 0.379 e. The summed E-state index contributed by atoms with van der Waals surface area (Å²) in [6.07, 6.45) is 3.42. The van der Waals surface area contributed by atoms with E-state index in [9.17, 15) is 0 Å². The molecule has 2 heteroatoms. The van der Waals surface area contributed by atoms with Crippen LogP contribution in [0.2, 0.25) is 0 Å². The van der Waals surface area contributed by atoms with Gasteiger partial charge in [0.2, 0.25) is 0 Å². The molecule has 0 heterocycles. The molecule has 0 rings (SSSR count). The predicted molar refractivity (Wildman–Crippen MR) is 57.8 cm³/mol. The van der Waals surface area contributed by atoms with Crippen molar-refractivity contribution in [3.05, 3.63) is 0 Å². The average Bonchev–Trinajstić information content (AvgIpc) is 2.00. The predicted octanol–water partition coefficient (Wildman–Crippen LogP) is 2.57. The summed E-state index contributed by atoms with van der Waals surface area (Å²) in [5.41, 5.74) is 5.75. The van der Waals surface area contributed by atoms with E-state index in [-0.39, 0.29) is 5.60 Å². The Hall–Kier alpha value is -0.0800. The van der Waals surface area contributed by atoms with E-state index in [0.29, 0.717) is 12.0 Å². The van der Waals surface area contributed by atoms with Crippen LogP contribution in [0.1, 0.15) is 47.0 Å². The summed E-state index contributed by atoms with van der Waals surface area (Å²) < 4.78 is 5.36. The van der Waals surface area contributed by atoms with Crippen LogP contribution in [-0.2, 0) is 4.74 Å². The molecule has 2 atom stereocenters. The molecule has 0 aliphatic carbocycles. The summed E-state index contributed by atoms with van der Waals surface area (Å²) in [5.74, 6) is 0.703. The quantitative estimate of drug-likeness (QED) is 0.693. The van der Waals surface area contributed by atoms with Crippen LogP contribution in [0.4, 0.5) is 0 Å². The van der Waals surface area contributed by atoms with Gasteiger partial charge in [-0.05, 0) is 46.0 Å². The molecular weight excluding hydrogens is 162 g/mol. The Morgan fingerprint density at radius 1 is 1.31 bits per heavy atom. The highest BCUT2D eigenvalue weighted by Crippen LogP contribution is 2.21. The normalized spacial score (nSPS) is 17.1. The molecule has 0 aromatic heterocycles. The smallest absolute Gasteiger partial charge is 0.0622 e. The first-order valence-electron chi connectivity index (χ1n) is 5.18. The van der Waals surface area contributed by atoms with Crippen LogP contribution in [0.15, 0.2) is 0 Å². The zero-order valence-electron chi connectivity index (χ0n) is 9.76. The third-order valence-electron chi connectivity index (χ3n) is 2.57. The lowest BCUT2D eigenvalue weighted by Gasteiger charge is -2.25. The van der Waals surface area contributed by atoms with Crippen molar-refractivity contribution in [2.24, 2.45) is 11.7 Å². The van der Waals surface area contributed by atoms with Crippen LogP contribution in [0, 0.1) is 5.92 Å². The Balaban J connectivity index is 3.63. The summed E-state index contributed by atoms with van der Waals surface area (Å²) in [7, 11) is 1.77. The third kappa shape index (κ3) is 7.03. The van der Waals surface area contributed by atoms with E-state index in [1.54, 1.807) is 7.11 Å². The second-order valence-electron chi connectivity index (χ2n) is 4.82. The van der Waals surface area contributed by atoms with Gasteiger partial charge < -0.3 is 10.5 Å². The van der Waals surface area contributed by atoms with E-state index in [0.717, 1.165) is 12.8 Å². The second-order valence-corrected chi connectivity index (χ2v) is 4.82. The SMILES string of the molecule is COC(C)(C)CCC(C)CC(C)N. The van der Waals surface area contributed by atoms with E-state index in [1.807, 2.05) is 0 Å². The van der Waals surface area contributed by atoms with Crippen LogP contribution in [0.25, 0.3) is 0 Å². The van der Waals surface area contributed by atoms with Crippen molar-refractivity contribution in [2.45, 2.75) is 58.6 Å². The highest BCUT2D eigenvalue weighted by Gasteiger charge is 2.17. The monoisotopic (exact) mass is 187 g/mol. The lowest BCUT2D eigenvalue weighted by Crippen LogP contribution is -2.24. The van der Waals surface area contributed by atoms with Gasteiger partial charge in [-0.3, -0.25) is 0 Å². The van der Waals surface area contributed by atoms with Crippen LogP contribution in [0.5, 0.6) is 0 Å². The average molecular weight is 187 g/mol. The van der Waals surface area contributed by atoms with Gasteiger partial charge in [-0.15, -0.1) is 0 Å². The third-order valence-corrected chi connectivity index (χ3v) is 2.57. The van der Waals surface area contributed by atoms with Gasteiger partial charge in [-0.25, -0.2) is 0 Å². The molecule has 13 heavy (non-hydrogen) atoms. The van der Waals surface area contributed by atoms with Gasteiger partial charge in [0.25, 0.3) is 0 Å². The minimum atomic E-state index is 0.0199. The number of hydrogen-bond donors (Lipinski definition) is 1. The number of methoxy groups -OCH3 is 1. The summed E-state index contributed by atoms with van der Waals surface area (Å²) >= 11 is 0. The van der Waals surface area contributed by atoms with Crippen LogP contribution in [0.3, 0.4) is 0 Å². The molecule has 0 aliphatic rings. The highest BCUT2D eigenvalue weighted by atomic mass is 16.5. The molecule has 0 bridgehead atoms. The number of ether oxygens (including phenoxy) is 1. The molecule has 0 spiro atoms. The lowest BCUT2D eigenvalue weighted by molar-refractivity contribution is 0.0105. The van der Waals surface area contributed by atoms with Crippen molar-refractivity contribution >= 4 is 0 Å². The topological polar surface area (TPSA) is 35.2 Å². The van der Waals surface area contributed by atoms with Crippen LogP contribution >= 0.6 is 0 Å². The van der Waals surface area contributed by atoms with E-state index in [2.05, 4.69) is 27.7 Å². The number of nitrogens with two attached hydrogens (primary N) is 1. The van der Waals surface area contributed by atoms with E-state index >= 15 is 0 Å². The van der Waals surface area contributed by atoms with Crippen molar-refractivity contribution < 1.29 is 4.74 Å². The van der Waals surface area contributed by atoms with Gasteiger partial charge in [0.15, 0.2) is 0 Å². The number of hydrogen-bond acceptors (Lipinski definition) is 2. The maximum absolute atomic E-state index is 5.73. The maximum Gasteiger partial charge on any atom is 0.0622 e. The first kappa shape index (κ1) is 12.9. The fourth-order valence-electron chi connectivity index (χ4n) is 1.45. The Kier molecular flexibility index (Phi) is 5.57. The zero-order valence-corrected chi connectivity index (χ0v) is 9.76. The molecule has 0 radical (unpaired) electrons. The highest BCUT2D eigenvalue weighted by molar-refractivity contribution is 4.70. The lowest BCUT2D eigenvalue weighted by atomic mass is 9.92. The Labute approximate surface area is 82.8 Å². The molecule has 2 N–H and O–H groups in total. The summed E-state index contributed by atoms with van der Waals surface area (Å²) in [6.45, 7) is 8.59. The molecule has 0 fully saturated rings. The zero-order chi connectivity index (χ0) is 10.5. The molecule has 0 saturated heterocycles. The van der Waals surface area contributed by atoms with Gasteiger partial charge in [0.1, 0.15) is 0 Å². The fraction of sp³-hybridized carbons (Fsp3) is 1.00. The first-order valence-corrected chi connectivity index (χ1v) is 5.18. The molecule has 0 aliphatic heterocycles. The van der Waals surface area contributed by atoms with Gasteiger partial charge in [0.05, 0.1) is 5.60 Å². The van der Waals surface area contributed by atoms with Crippen molar-refractivity contribution in [3.8, 4) is 0 Å². The van der Waals surface area contributed by atoms with Crippen LogP contribution in [-0.4, -0.2) is 18.8 Å². The maximum atomic E-state index is 5.73. The van der Waals surface area contributed by atoms with Gasteiger partial charge >= 0.3 is 0 Å². The molecule has 0 amide bonds. The Morgan fingerprint density at radius 3 is 2.23 bits per heavy atom. The molecular formula is C11H25NO. The summed E-state index contributed by atoms with van der Waals surface area (Å²) in [6, 6.07) is 0.320. The molecule has 0 saturated carbocycles. The van der Waals surface area contributed by atoms with Crippen molar-refractivity contribution in [2.75, 3.05) is 7.11 Å². The molecule has 80 valence electrons. The summed E-state index contributed by atoms with van der Waals surface area (Å²) in [4.78, 5) is 0.